The van der Waals surface area contributed by atoms with E-state index < -0.39 is 0 Å². The van der Waals surface area contributed by atoms with Crippen LogP contribution in [-0.2, 0) is 13.6 Å². The number of carbonyl (C=O) groups is 1. The van der Waals surface area contributed by atoms with Crippen LogP contribution in [0, 0.1) is 12.8 Å². The van der Waals surface area contributed by atoms with Crippen molar-refractivity contribution in [1.82, 2.24) is 29.9 Å². The van der Waals surface area contributed by atoms with E-state index in [2.05, 4.69) is 30.7 Å². The Labute approximate surface area is 174 Å². The van der Waals surface area contributed by atoms with Gasteiger partial charge in [0.15, 0.2) is 5.82 Å². The number of nitrogens with zero attached hydrogens (tertiary/aromatic N) is 6. The quantitative estimate of drug-likeness (QED) is 0.656. The van der Waals surface area contributed by atoms with Crippen molar-refractivity contribution in [2.24, 2.45) is 13.0 Å². The first-order valence-corrected chi connectivity index (χ1v) is 10.1. The van der Waals surface area contributed by atoms with E-state index >= 15 is 0 Å². The Hall–Kier alpha value is -3.62. The number of amides is 1. The van der Waals surface area contributed by atoms with Gasteiger partial charge in [-0.1, -0.05) is 0 Å². The van der Waals surface area contributed by atoms with Crippen molar-refractivity contribution >= 4 is 29.4 Å². The van der Waals surface area contributed by atoms with Gasteiger partial charge in [0.05, 0.1) is 18.4 Å². The fourth-order valence-corrected chi connectivity index (χ4v) is 3.50. The smallest absolute Gasteiger partial charge is 0.251 e. The molecule has 1 amide bonds. The van der Waals surface area contributed by atoms with Crippen LogP contribution < -0.4 is 15.5 Å². The molecule has 0 saturated heterocycles. The van der Waals surface area contributed by atoms with Crippen LogP contribution in [0.3, 0.4) is 0 Å². The monoisotopic (exact) mass is 404 g/mol. The number of benzene rings is 1. The normalized spacial score (nSPS) is 15.2. The number of aromatic nitrogens is 5. The highest BCUT2D eigenvalue weighted by Gasteiger charge is 2.22. The van der Waals surface area contributed by atoms with E-state index in [0.29, 0.717) is 24.0 Å². The van der Waals surface area contributed by atoms with Gasteiger partial charge < -0.3 is 15.5 Å². The first kappa shape index (κ1) is 18.4. The lowest BCUT2D eigenvalue weighted by Gasteiger charge is -2.20. The summed E-state index contributed by atoms with van der Waals surface area (Å²) in [4.78, 5) is 19.1. The summed E-state index contributed by atoms with van der Waals surface area (Å²) in [5.74, 6) is 2.00. The maximum Gasteiger partial charge on any atom is 0.251 e. The molecule has 3 heterocycles. The third-order valence-electron chi connectivity index (χ3n) is 5.40. The SMILES string of the molecule is Cc1cc(Nc2nc3n(n2)C=CN(c2cnn(C)c2)C3)ccc1C(=O)NCC1CC1. The molecule has 1 fully saturated rings. The minimum absolute atomic E-state index is 0.0119. The van der Waals surface area contributed by atoms with Crippen molar-refractivity contribution in [3.8, 4) is 0 Å². The lowest BCUT2D eigenvalue weighted by atomic mass is 10.1. The van der Waals surface area contributed by atoms with Crippen molar-refractivity contribution < 1.29 is 4.79 Å². The van der Waals surface area contributed by atoms with Crippen molar-refractivity contribution in [1.29, 1.82) is 0 Å². The van der Waals surface area contributed by atoms with Crippen LogP contribution in [0.2, 0.25) is 0 Å². The van der Waals surface area contributed by atoms with Crippen LogP contribution in [0.15, 0.2) is 36.8 Å². The number of rotatable bonds is 6. The molecule has 5 rings (SSSR count). The first-order valence-electron chi connectivity index (χ1n) is 10.1. The topological polar surface area (TPSA) is 92.9 Å². The predicted molar refractivity (Wildman–Crippen MR) is 114 cm³/mol. The number of aryl methyl sites for hydroxylation is 2. The van der Waals surface area contributed by atoms with E-state index in [1.165, 1.54) is 12.8 Å². The van der Waals surface area contributed by atoms with Crippen LogP contribution in [0.25, 0.3) is 6.20 Å². The van der Waals surface area contributed by atoms with Gasteiger partial charge in [0.1, 0.15) is 0 Å². The molecule has 0 unspecified atom stereocenters. The Kier molecular flexibility index (Phi) is 4.50. The molecule has 0 bridgehead atoms. The van der Waals surface area contributed by atoms with Gasteiger partial charge in [-0.3, -0.25) is 9.48 Å². The Morgan fingerprint density at radius 2 is 2.13 bits per heavy atom. The minimum Gasteiger partial charge on any atom is -0.352 e. The van der Waals surface area contributed by atoms with Gasteiger partial charge in [-0.25, -0.2) is 4.68 Å². The first-order chi connectivity index (χ1) is 14.5. The zero-order valence-corrected chi connectivity index (χ0v) is 17.0. The molecule has 154 valence electrons. The third-order valence-corrected chi connectivity index (χ3v) is 5.40. The molecule has 1 aliphatic heterocycles. The molecule has 0 radical (unpaired) electrons. The van der Waals surface area contributed by atoms with Crippen LogP contribution in [0.5, 0.6) is 0 Å². The summed E-state index contributed by atoms with van der Waals surface area (Å²) >= 11 is 0. The average Bonchev–Trinajstić information content (AvgIpc) is 3.32. The average molecular weight is 404 g/mol. The van der Waals surface area contributed by atoms with Crippen molar-refractivity contribution in [3.05, 3.63) is 53.7 Å². The van der Waals surface area contributed by atoms with E-state index in [0.717, 1.165) is 29.3 Å². The standard InChI is InChI=1S/C21H24N8O/c1-14-9-16(5-6-18(14)20(30)22-10-15-3-4-15)24-21-25-19-13-28(7-8-29(19)26-21)17-11-23-27(2)12-17/h5-9,11-12,15H,3-4,10,13H2,1-2H3,(H,22,30)(H,24,26). The second-order valence-corrected chi connectivity index (χ2v) is 7.90. The molecule has 2 aromatic heterocycles. The summed E-state index contributed by atoms with van der Waals surface area (Å²) in [6.07, 6.45) is 10.1. The van der Waals surface area contributed by atoms with E-state index in [9.17, 15) is 4.79 Å². The van der Waals surface area contributed by atoms with Crippen molar-refractivity contribution in [3.63, 3.8) is 0 Å². The third kappa shape index (κ3) is 3.78. The summed E-state index contributed by atoms with van der Waals surface area (Å²) < 4.78 is 3.54. The van der Waals surface area contributed by atoms with Crippen molar-refractivity contribution in [2.75, 3.05) is 16.8 Å². The number of fused-ring (bicyclic) bond motifs is 1. The largest absolute Gasteiger partial charge is 0.352 e. The highest BCUT2D eigenvalue weighted by molar-refractivity contribution is 5.96. The Morgan fingerprint density at radius 1 is 1.27 bits per heavy atom. The fraction of sp³-hybridized carbons (Fsp3) is 0.333. The van der Waals surface area contributed by atoms with E-state index in [1.54, 1.807) is 9.36 Å². The van der Waals surface area contributed by atoms with Gasteiger partial charge in [-0.05, 0) is 49.4 Å². The summed E-state index contributed by atoms with van der Waals surface area (Å²) in [7, 11) is 1.89. The fourth-order valence-electron chi connectivity index (χ4n) is 3.50. The molecule has 1 aliphatic carbocycles. The minimum atomic E-state index is -0.0119. The predicted octanol–water partition coefficient (Wildman–Crippen LogP) is 2.65. The molecule has 0 spiro atoms. The lowest BCUT2D eigenvalue weighted by Crippen LogP contribution is -2.26. The highest BCUT2D eigenvalue weighted by atomic mass is 16.1. The van der Waals surface area contributed by atoms with Crippen LogP contribution >= 0.6 is 0 Å². The zero-order chi connectivity index (χ0) is 20.7. The zero-order valence-electron chi connectivity index (χ0n) is 17.0. The van der Waals surface area contributed by atoms with E-state index in [4.69, 9.17) is 0 Å². The molecule has 2 N–H and O–H groups in total. The van der Waals surface area contributed by atoms with Crippen LogP contribution in [0.4, 0.5) is 17.3 Å². The number of hydrogen-bond donors (Lipinski definition) is 2. The maximum absolute atomic E-state index is 12.4. The number of anilines is 3. The van der Waals surface area contributed by atoms with Gasteiger partial charge in [-0.15, -0.1) is 5.10 Å². The van der Waals surface area contributed by atoms with E-state index in [1.807, 2.05) is 57.0 Å². The summed E-state index contributed by atoms with van der Waals surface area (Å²) in [6.45, 7) is 3.32. The van der Waals surface area contributed by atoms with Crippen LogP contribution in [-0.4, -0.2) is 37.0 Å². The second kappa shape index (κ2) is 7.33. The van der Waals surface area contributed by atoms with Gasteiger partial charge in [-0.2, -0.15) is 10.1 Å². The number of nitrogens with one attached hydrogen (secondary N) is 2. The molecule has 3 aromatic rings. The second-order valence-electron chi connectivity index (χ2n) is 7.90. The Morgan fingerprint density at radius 3 is 2.87 bits per heavy atom. The number of hydrogen-bond acceptors (Lipinski definition) is 6. The summed E-state index contributed by atoms with van der Waals surface area (Å²) in [5, 5.41) is 15.0. The van der Waals surface area contributed by atoms with E-state index in [-0.39, 0.29) is 5.91 Å². The summed E-state index contributed by atoms with van der Waals surface area (Å²) in [6, 6.07) is 5.68. The summed E-state index contributed by atoms with van der Waals surface area (Å²) in [5.41, 5.74) is 3.47. The van der Waals surface area contributed by atoms with Gasteiger partial charge in [0.25, 0.3) is 5.91 Å². The molecule has 9 nitrogen and oxygen atoms in total. The van der Waals surface area contributed by atoms with Gasteiger partial charge >= 0.3 is 0 Å². The molecular formula is C21H24N8O. The lowest BCUT2D eigenvalue weighted by molar-refractivity contribution is 0.0951. The van der Waals surface area contributed by atoms with Gasteiger partial charge in [0, 0.05) is 43.4 Å². The van der Waals surface area contributed by atoms with Crippen molar-refractivity contribution in [2.45, 2.75) is 26.3 Å². The molecule has 9 heteroatoms. The highest BCUT2D eigenvalue weighted by Crippen LogP contribution is 2.28. The number of carbonyl (C=O) groups excluding carboxylic acids is 1. The van der Waals surface area contributed by atoms with Gasteiger partial charge in [0.2, 0.25) is 5.95 Å². The Bertz CT molecular complexity index is 1120. The molecule has 0 atom stereocenters. The molecule has 1 aromatic carbocycles. The molecule has 2 aliphatic rings. The maximum atomic E-state index is 12.4. The molecule has 1 saturated carbocycles. The van der Waals surface area contributed by atoms with Crippen LogP contribution in [0.1, 0.15) is 34.6 Å². The molecule has 30 heavy (non-hydrogen) atoms. The Balaban J connectivity index is 1.27. The molecular weight excluding hydrogens is 380 g/mol.